The van der Waals surface area contributed by atoms with Gasteiger partial charge in [-0.2, -0.15) is 0 Å². The van der Waals surface area contributed by atoms with Gasteiger partial charge in [-0.3, -0.25) is 0 Å². The Labute approximate surface area is 215 Å². The van der Waals surface area contributed by atoms with Crippen molar-refractivity contribution in [1.82, 2.24) is 0 Å². The number of carboxylic acids is 1. The Kier molecular flexibility index (Phi) is 9.89. The molecule has 0 unspecified atom stereocenters. The molecule has 1 aliphatic carbocycles. The average Bonchev–Trinajstić information content (AvgIpc) is 2.86. The van der Waals surface area contributed by atoms with E-state index >= 15 is 0 Å². The second-order valence-electron chi connectivity index (χ2n) is 8.78. The molecule has 0 amide bonds. The molecule has 0 bridgehead atoms. The highest BCUT2D eigenvalue weighted by atomic mass is 35.5. The number of esters is 1. The second-order valence-corrected chi connectivity index (χ2v) is 9.22. The largest absolute Gasteiger partial charge is 0.497 e. The van der Waals surface area contributed by atoms with E-state index in [1.807, 2.05) is 24.3 Å². The van der Waals surface area contributed by atoms with Crippen LogP contribution in [0.25, 0.3) is 6.08 Å². The van der Waals surface area contributed by atoms with Crippen molar-refractivity contribution in [3.63, 3.8) is 0 Å². The van der Waals surface area contributed by atoms with Gasteiger partial charge in [0.25, 0.3) is 0 Å². The number of aryl methyl sites for hydroxylation is 1. The maximum Gasteiger partial charge on any atom is 0.336 e. The molecule has 9 heteroatoms. The zero-order valence-electron chi connectivity index (χ0n) is 20.0. The van der Waals surface area contributed by atoms with Gasteiger partial charge in [0.1, 0.15) is 18.0 Å². The molecule has 3 rings (SSSR count). The van der Waals surface area contributed by atoms with Crippen LogP contribution in [0.4, 0.5) is 0 Å². The van der Waals surface area contributed by atoms with Crippen LogP contribution >= 0.6 is 11.6 Å². The van der Waals surface area contributed by atoms with Crippen LogP contribution in [-0.2, 0) is 25.5 Å². The maximum absolute atomic E-state index is 12.4. The second kappa shape index (κ2) is 12.9. The van der Waals surface area contributed by atoms with Gasteiger partial charge in [-0.15, -0.1) is 0 Å². The van der Waals surface area contributed by atoms with Crippen molar-refractivity contribution < 1.29 is 39.1 Å². The van der Waals surface area contributed by atoms with Gasteiger partial charge in [0.15, 0.2) is 5.60 Å². The minimum atomic E-state index is -1.77. The van der Waals surface area contributed by atoms with Crippen LogP contribution in [0.3, 0.4) is 0 Å². The molecule has 2 aromatic carbocycles. The van der Waals surface area contributed by atoms with Crippen LogP contribution in [0, 0.1) is 0 Å². The lowest BCUT2D eigenvalue weighted by Gasteiger charge is -2.41. The third-order valence-corrected chi connectivity index (χ3v) is 6.43. The standard InChI is InChI=1S/C27H31ClO8/c1-34-21-12-7-19(8-13-21)9-14-24(30)36-23-17-27(26(32)33,16-22(29)25(23)31)35-15-3-2-4-18-5-10-20(28)11-6-18/h5-14,22-23,25,29,31H,2-4,15-17H2,1H3,(H,32,33)/b14-9+/t22-,23+,25+,27-/m0/s1. The summed E-state index contributed by atoms with van der Waals surface area (Å²) in [6.07, 6.45) is 0.148. The van der Waals surface area contributed by atoms with Gasteiger partial charge >= 0.3 is 11.9 Å². The number of benzene rings is 2. The normalized spacial score (nSPS) is 23.9. The number of aliphatic hydroxyl groups excluding tert-OH is 2. The van der Waals surface area contributed by atoms with Crippen molar-refractivity contribution in [2.24, 2.45) is 0 Å². The highest BCUT2D eigenvalue weighted by Gasteiger charge is 2.52. The summed E-state index contributed by atoms with van der Waals surface area (Å²) < 4.78 is 16.2. The van der Waals surface area contributed by atoms with Crippen LogP contribution in [0.5, 0.6) is 5.75 Å². The Bertz CT molecular complexity index is 1040. The number of hydrogen-bond donors (Lipinski definition) is 3. The van der Waals surface area contributed by atoms with Crippen LogP contribution in [-0.4, -0.2) is 64.9 Å². The first-order valence-corrected chi connectivity index (χ1v) is 12.1. The molecule has 36 heavy (non-hydrogen) atoms. The fourth-order valence-electron chi connectivity index (χ4n) is 4.12. The zero-order valence-corrected chi connectivity index (χ0v) is 20.8. The molecule has 194 valence electrons. The first-order chi connectivity index (χ1) is 17.2. The Morgan fingerprint density at radius 1 is 1.06 bits per heavy atom. The lowest BCUT2D eigenvalue weighted by atomic mass is 9.79. The van der Waals surface area contributed by atoms with Crippen molar-refractivity contribution in [2.45, 2.75) is 56.0 Å². The van der Waals surface area contributed by atoms with Gasteiger partial charge in [-0.25, -0.2) is 9.59 Å². The Balaban J connectivity index is 1.56. The van der Waals surface area contributed by atoms with E-state index in [0.29, 0.717) is 17.2 Å². The number of aliphatic carboxylic acids is 1. The van der Waals surface area contributed by atoms with Crippen molar-refractivity contribution in [3.8, 4) is 5.75 Å². The lowest BCUT2D eigenvalue weighted by molar-refractivity contribution is -0.207. The molecular formula is C27H31ClO8. The molecule has 0 aliphatic heterocycles. The van der Waals surface area contributed by atoms with Crippen molar-refractivity contribution in [3.05, 3.63) is 70.8 Å². The summed E-state index contributed by atoms with van der Waals surface area (Å²) in [6.45, 7) is 0.140. The molecule has 0 spiro atoms. The van der Waals surface area contributed by atoms with Gasteiger partial charge in [0, 0.05) is 30.5 Å². The van der Waals surface area contributed by atoms with Crippen molar-refractivity contribution in [1.29, 1.82) is 0 Å². The summed E-state index contributed by atoms with van der Waals surface area (Å²) in [4.78, 5) is 24.5. The van der Waals surface area contributed by atoms with Crippen molar-refractivity contribution >= 4 is 29.6 Å². The van der Waals surface area contributed by atoms with Gasteiger partial charge < -0.3 is 29.5 Å². The van der Waals surface area contributed by atoms with Crippen LogP contribution in [0.2, 0.25) is 5.02 Å². The molecular weight excluding hydrogens is 488 g/mol. The molecule has 4 atom stereocenters. The smallest absolute Gasteiger partial charge is 0.336 e. The van der Waals surface area contributed by atoms with E-state index in [1.54, 1.807) is 31.4 Å². The summed E-state index contributed by atoms with van der Waals surface area (Å²) in [5, 5.41) is 31.3. The van der Waals surface area contributed by atoms with E-state index in [9.17, 15) is 24.9 Å². The van der Waals surface area contributed by atoms with Gasteiger partial charge in [-0.1, -0.05) is 35.9 Å². The number of methoxy groups -OCH3 is 1. The van der Waals surface area contributed by atoms with Crippen LogP contribution in [0.15, 0.2) is 54.6 Å². The highest BCUT2D eigenvalue weighted by Crippen LogP contribution is 2.35. The number of carbonyl (C=O) groups excluding carboxylic acids is 1. The van der Waals surface area contributed by atoms with Gasteiger partial charge in [0.05, 0.1) is 13.2 Å². The first-order valence-electron chi connectivity index (χ1n) is 11.7. The summed E-state index contributed by atoms with van der Waals surface area (Å²) in [5.41, 5.74) is 0.0563. The quantitative estimate of drug-likeness (QED) is 0.234. The van der Waals surface area contributed by atoms with E-state index in [2.05, 4.69) is 0 Å². The van der Waals surface area contributed by atoms with E-state index in [1.165, 1.54) is 12.2 Å². The number of hydrogen-bond acceptors (Lipinski definition) is 7. The van der Waals surface area contributed by atoms with Crippen LogP contribution < -0.4 is 4.74 Å². The monoisotopic (exact) mass is 518 g/mol. The number of aliphatic hydroxyl groups is 2. The maximum atomic E-state index is 12.4. The minimum Gasteiger partial charge on any atom is -0.497 e. The van der Waals surface area contributed by atoms with Crippen molar-refractivity contribution in [2.75, 3.05) is 13.7 Å². The number of carboxylic acid groups (broad SMARTS) is 1. The summed E-state index contributed by atoms with van der Waals surface area (Å²) in [5.74, 6) is -1.38. The molecule has 0 saturated heterocycles. The predicted molar refractivity (Wildman–Crippen MR) is 134 cm³/mol. The number of carbonyl (C=O) groups is 2. The molecule has 1 fully saturated rings. The Hall–Kier alpha value is -2.91. The Morgan fingerprint density at radius 2 is 1.75 bits per heavy atom. The molecule has 2 aromatic rings. The van der Waals surface area contributed by atoms with E-state index < -0.39 is 35.9 Å². The Morgan fingerprint density at radius 3 is 2.39 bits per heavy atom. The highest BCUT2D eigenvalue weighted by molar-refractivity contribution is 6.30. The van der Waals surface area contributed by atoms with E-state index in [-0.39, 0.29) is 19.4 Å². The third-order valence-electron chi connectivity index (χ3n) is 6.18. The van der Waals surface area contributed by atoms with E-state index in [0.717, 1.165) is 24.0 Å². The number of ether oxygens (including phenoxy) is 3. The predicted octanol–water partition coefficient (Wildman–Crippen LogP) is 3.65. The topological polar surface area (TPSA) is 123 Å². The molecule has 1 aliphatic rings. The summed E-state index contributed by atoms with van der Waals surface area (Å²) in [7, 11) is 1.55. The fraction of sp³-hybridized carbons (Fsp3) is 0.407. The fourth-order valence-corrected chi connectivity index (χ4v) is 4.24. The van der Waals surface area contributed by atoms with Gasteiger partial charge in [0.2, 0.25) is 0 Å². The molecule has 8 nitrogen and oxygen atoms in total. The number of unbranched alkanes of at least 4 members (excludes halogenated alkanes) is 1. The molecule has 3 N–H and O–H groups in total. The molecule has 0 heterocycles. The molecule has 0 radical (unpaired) electrons. The first kappa shape index (κ1) is 27.7. The number of rotatable bonds is 11. The lowest BCUT2D eigenvalue weighted by Crippen LogP contribution is -2.58. The van der Waals surface area contributed by atoms with Crippen LogP contribution in [0.1, 0.15) is 36.8 Å². The minimum absolute atomic E-state index is 0.140. The average molecular weight is 519 g/mol. The summed E-state index contributed by atoms with van der Waals surface area (Å²) in [6, 6.07) is 14.5. The third kappa shape index (κ3) is 7.54. The molecule has 0 aromatic heterocycles. The SMILES string of the molecule is COc1ccc(/C=C/C(=O)O[C@@H]2C[C@](OCCCCc3ccc(Cl)cc3)(C(=O)O)C[C@H](O)[C@H]2O)cc1. The number of halogens is 1. The zero-order chi connectivity index (χ0) is 26.1. The van der Waals surface area contributed by atoms with E-state index in [4.69, 9.17) is 25.8 Å². The van der Waals surface area contributed by atoms with Gasteiger partial charge in [-0.05, 0) is 60.7 Å². The molecule has 1 saturated carbocycles. The summed E-state index contributed by atoms with van der Waals surface area (Å²) >= 11 is 5.89.